The third-order valence-electron chi connectivity index (χ3n) is 4.20. The molecule has 0 saturated carbocycles. The third-order valence-corrected chi connectivity index (χ3v) is 4.20. The van der Waals surface area contributed by atoms with Crippen LogP contribution in [0.25, 0.3) is 0 Å². The third kappa shape index (κ3) is 2.81. The molecular weight excluding hydrogens is 270 g/mol. The van der Waals surface area contributed by atoms with E-state index in [2.05, 4.69) is 16.4 Å². The summed E-state index contributed by atoms with van der Waals surface area (Å²) < 4.78 is 27.0. The summed E-state index contributed by atoms with van der Waals surface area (Å²) in [5.41, 5.74) is 2.93. The van der Waals surface area contributed by atoms with Crippen molar-refractivity contribution >= 4 is 0 Å². The molecule has 1 heterocycles. The van der Waals surface area contributed by atoms with Crippen LogP contribution in [0.3, 0.4) is 0 Å². The number of nitrogens with one attached hydrogen (secondary N) is 1. The van der Waals surface area contributed by atoms with Crippen LogP contribution in [0.1, 0.15) is 41.6 Å². The minimum atomic E-state index is -0.540. The van der Waals surface area contributed by atoms with Gasteiger partial charge in [0.2, 0.25) is 0 Å². The number of pyridine rings is 1. The summed E-state index contributed by atoms with van der Waals surface area (Å²) in [6.45, 7) is 0. The highest BCUT2D eigenvalue weighted by molar-refractivity contribution is 5.32. The standard InChI is InChI=1S/C17H18F2N2/c1-20-16(12-8-13(18)10-14(19)9-12)15-6-2-4-11-5-3-7-21-17(11)15/h3,5,7-10,15-16,20H,2,4,6H2,1H3. The fraction of sp³-hybridized carbons (Fsp3) is 0.353. The van der Waals surface area contributed by atoms with Crippen LogP contribution in [-0.2, 0) is 6.42 Å². The quantitative estimate of drug-likeness (QED) is 0.930. The zero-order valence-corrected chi connectivity index (χ0v) is 11.9. The summed E-state index contributed by atoms with van der Waals surface area (Å²) in [5.74, 6) is -0.939. The van der Waals surface area contributed by atoms with Crippen molar-refractivity contribution in [3.8, 4) is 0 Å². The molecule has 1 aromatic heterocycles. The summed E-state index contributed by atoms with van der Waals surface area (Å²) in [6, 6.07) is 7.61. The molecule has 0 spiro atoms. The van der Waals surface area contributed by atoms with Gasteiger partial charge in [-0.3, -0.25) is 4.98 Å². The Bertz CT molecular complexity index is 622. The second-order valence-electron chi connectivity index (χ2n) is 5.52. The van der Waals surface area contributed by atoms with E-state index in [1.165, 1.54) is 17.7 Å². The van der Waals surface area contributed by atoms with Crippen molar-refractivity contribution < 1.29 is 8.78 Å². The van der Waals surface area contributed by atoms with E-state index in [1.807, 2.05) is 13.1 Å². The first kappa shape index (κ1) is 14.1. The van der Waals surface area contributed by atoms with Gasteiger partial charge in [-0.2, -0.15) is 0 Å². The van der Waals surface area contributed by atoms with Crippen LogP contribution in [0.5, 0.6) is 0 Å². The highest BCUT2D eigenvalue weighted by Gasteiger charge is 2.29. The van der Waals surface area contributed by atoms with Crippen molar-refractivity contribution in [3.05, 3.63) is 65.0 Å². The number of nitrogens with zero attached hydrogens (tertiary/aromatic N) is 1. The Morgan fingerprint density at radius 3 is 2.71 bits per heavy atom. The SMILES string of the molecule is CNC(c1cc(F)cc(F)c1)C1CCCc2cccnc21. The zero-order chi connectivity index (χ0) is 14.8. The number of aryl methyl sites for hydroxylation is 1. The number of halogens is 2. The lowest BCUT2D eigenvalue weighted by atomic mass is 9.79. The van der Waals surface area contributed by atoms with Crippen LogP contribution in [0, 0.1) is 11.6 Å². The van der Waals surface area contributed by atoms with Crippen molar-refractivity contribution in [3.63, 3.8) is 0 Å². The second kappa shape index (κ2) is 5.90. The van der Waals surface area contributed by atoms with Crippen LogP contribution >= 0.6 is 0 Å². The lowest BCUT2D eigenvalue weighted by Crippen LogP contribution is -2.27. The van der Waals surface area contributed by atoms with Crippen LogP contribution < -0.4 is 5.32 Å². The topological polar surface area (TPSA) is 24.9 Å². The minimum Gasteiger partial charge on any atom is -0.312 e. The van der Waals surface area contributed by atoms with Crippen molar-refractivity contribution in [1.82, 2.24) is 10.3 Å². The Morgan fingerprint density at radius 1 is 1.24 bits per heavy atom. The molecule has 3 rings (SSSR count). The maximum atomic E-state index is 13.5. The smallest absolute Gasteiger partial charge is 0.126 e. The number of aromatic nitrogens is 1. The summed E-state index contributed by atoms with van der Waals surface area (Å²) in [5, 5.41) is 3.21. The molecule has 2 unspecified atom stereocenters. The Kier molecular flexibility index (Phi) is 3.97. The number of benzene rings is 1. The number of fused-ring (bicyclic) bond motifs is 1. The van der Waals surface area contributed by atoms with Gasteiger partial charge in [-0.1, -0.05) is 6.07 Å². The predicted molar refractivity (Wildman–Crippen MR) is 78.1 cm³/mol. The average molecular weight is 288 g/mol. The van der Waals surface area contributed by atoms with Gasteiger partial charge in [0.25, 0.3) is 0 Å². The second-order valence-corrected chi connectivity index (χ2v) is 5.52. The number of rotatable bonds is 3. The normalized spacial score (nSPS) is 19.1. The van der Waals surface area contributed by atoms with Gasteiger partial charge in [-0.15, -0.1) is 0 Å². The van der Waals surface area contributed by atoms with Crippen molar-refractivity contribution in [2.45, 2.75) is 31.2 Å². The van der Waals surface area contributed by atoms with E-state index >= 15 is 0 Å². The van der Waals surface area contributed by atoms with Gasteiger partial charge in [0.15, 0.2) is 0 Å². The summed E-state index contributed by atoms with van der Waals surface area (Å²) in [7, 11) is 1.82. The molecule has 2 aromatic rings. The van der Waals surface area contributed by atoms with E-state index in [0.29, 0.717) is 5.56 Å². The van der Waals surface area contributed by atoms with Crippen molar-refractivity contribution in [1.29, 1.82) is 0 Å². The van der Waals surface area contributed by atoms with Crippen LogP contribution in [0.2, 0.25) is 0 Å². The van der Waals surface area contributed by atoms with E-state index in [4.69, 9.17) is 0 Å². The van der Waals surface area contributed by atoms with Gasteiger partial charge in [0.05, 0.1) is 0 Å². The van der Waals surface area contributed by atoms with Crippen LogP contribution in [0.4, 0.5) is 8.78 Å². The molecule has 1 aromatic carbocycles. The molecule has 1 aliphatic rings. The Morgan fingerprint density at radius 2 is 2.00 bits per heavy atom. The maximum Gasteiger partial charge on any atom is 0.126 e. The fourth-order valence-corrected chi connectivity index (χ4v) is 3.32. The van der Waals surface area contributed by atoms with E-state index in [-0.39, 0.29) is 12.0 Å². The van der Waals surface area contributed by atoms with Gasteiger partial charge in [-0.05, 0) is 55.6 Å². The number of likely N-dealkylation sites (N-methyl/N-ethyl adjacent to an activating group) is 1. The molecular formula is C17H18F2N2. The molecule has 2 nitrogen and oxygen atoms in total. The molecule has 0 saturated heterocycles. The first-order valence-electron chi connectivity index (χ1n) is 7.26. The Balaban J connectivity index is 2.01. The molecule has 0 fully saturated rings. The highest BCUT2D eigenvalue weighted by atomic mass is 19.1. The van der Waals surface area contributed by atoms with Crippen LogP contribution in [-0.4, -0.2) is 12.0 Å². The molecule has 21 heavy (non-hydrogen) atoms. The van der Waals surface area contributed by atoms with Gasteiger partial charge in [0, 0.05) is 29.9 Å². The molecule has 4 heteroatoms. The van der Waals surface area contributed by atoms with Crippen molar-refractivity contribution in [2.24, 2.45) is 0 Å². The van der Waals surface area contributed by atoms with E-state index in [0.717, 1.165) is 31.0 Å². The molecule has 0 radical (unpaired) electrons. The molecule has 0 bridgehead atoms. The lowest BCUT2D eigenvalue weighted by molar-refractivity contribution is 0.412. The Hall–Kier alpha value is -1.81. The molecule has 110 valence electrons. The molecule has 1 aliphatic carbocycles. The number of hydrogen-bond acceptors (Lipinski definition) is 2. The lowest BCUT2D eigenvalue weighted by Gasteiger charge is -2.31. The Labute approximate surface area is 123 Å². The largest absolute Gasteiger partial charge is 0.312 e. The maximum absolute atomic E-state index is 13.5. The molecule has 0 amide bonds. The summed E-state index contributed by atoms with van der Waals surface area (Å²) >= 11 is 0. The fourth-order valence-electron chi connectivity index (χ4n) is 3.32. The first-order chi connectivity index (χ1) is 10.2. The molecule has 0 aliphatic heterocycles. The van der Waals surface area contributed by atoms with E-state index in [1.54, 1.807) is 6.20 Å². The van der Waals surface area contributed by atoms with Gasteiger partial charge >= 0.3 is 0 Å². The average Bonchev–Trinajstić information content (AvgIpc) is 2.47. The summed E-state index contributed by atoms with van der Waals surface area (Å²) in [6.07, 6.45) is 4.84. The number of hydrogen-bond donors (Lipinski definition) is 1. The van der Waals surface area contributed by atoms with E-state index < -0.39 is 11.6 Å². The summed E-state index contributed by atoms with van der Waals surface area (Å²) in [4.78, 5) is 4.51. The highest BCUT2D eigenvalue weighted by Crippen LogP contribution is 2.39. The van der Waals surface area contributed by atoms with Crippen LogP contribution in [0.15, 0.2) is 36.5 Å². The first-order valence-corrected chi connectivity index (χ1v) is 7.26. The minimum absolute atomic E-state index is 0.135. The molecule has 2 atom stereocenters. The van der Waals surface area contributed by atoms with E-state index in [9.17, 15) is 8.78 Å². The monoisotopic (exact) mass is 288 g/mol. The molecule has 1 N–H and O–H groups in total. The van der Waals surface area contributed by atoms with Gasteiger partial charge in [-0.25, -0.2) is 8.78 Å². The van der Waals surface area contributed by atoms with Crippen molar-refractivity contribution in [2.75, 3.05) is 7.05 Å². The zero-order valence-electron chi connectivity index (χ0n) is 11.9. The predicted octanol–water partition coefficient (Wildman–Crippen LogP) is 3.74. The van der Waals surface area contributed by atoms with Gasteiger partial charge < -0.3 is 5.32 Å². The van der Waals surface area contributed by atoms with Gasteiger partial charge in [0.1, 0.15) is 11.6 Å².